The largest absolute Gasteiger partial charge is 0.398 e. The third-order valence-electron chi connectivity index (χ3n) is 2.57. The Hall–Kier alpha value is -1.40. The first-order valence-electron chi connectivity index (χ1n) is 5.29. The molecule has 0 aliphatic carbocycles. The molecule has 2 aromatic rings. The molecule has 1 aromatic heterocycles. The number of amides is 1. The fourth-order valence-electron chi connectivity index (χ4n) is 1.53. The second-order valence-electron chi connectivity index (χ2n) is 3.83. The summed E-state index contributed by atoms with van der Waals surface area (Å²) >= 11 is 4.84. The molecule has 6 heteroatoms. The van der Waals surface area contributed by atoms with E-state index in [1.54, 1.807) is 17.6 Å². The highest BCUT2D eigenvalue weighted by Gasteiger charge is 2.12. The van der Waals surface area contributed by atoms with Crippen molar-refractivity contribution in [2.45, 2.75) is 13.5 Å². The smallest absolute Gasteiger partial charge is 0.251 e. The van der Waals surface area contributed by atoms with Gasteiger partial charge in [-0.15, -0.1) is 11.3 Å². The lowest BCUT2D eigenvalue weighted by Crippen LogP contribution is -2.24. The van der Waals surface area contributed by atoms with Crippen molar-refractivity contribution in [3.63, 3.8) is 0 Å². The van der Waals surface area contributed by atoms with Crippen LogP contribution in [0.15, 0.2) is 27.5 Å². The third-order valence-corrected chi connectivity index (χ3v) is 3.66. The lowest BCUT2D eigenvalue weighted by molar-refractivity contribution is 0.0950. The van der Waals surface area contributed by atoms with Gasteiger partial charge in [0.25, 0.3) is 5.91 Å². The molecular weight excluding hydrogens is 314 g/mol. The maximum absolute atomic E-state index is 12.1. The molecule has 4 nitrogen and oxygen atoms in total. The normalized spacial score (nSPS) is 10.3. The lowest BCUT2D eigenvalue weighted by atomic mass is 10.1. The van der Waals surface area contributed by atoms with Crippen LogP contribution < -0.4 is 11.1 Å². The van der Waals surface area contributed by atoms with E-state index in [1.807, 2.05) is 12.3 Å². The van der Waals surface area contributed by atoms with E-state index in [0.29, 0.717) is 17.8 Å². The number of rotatable bonds is 3. The second-order valence-corrected chi connectivity index (χ2v) is 5.46. The molecular formula is C12H12BrN3OS. The highest BCUT2D eigenvalue weighted by atomic mass is 79.9. The molecule has 18 heavy (non-hydrogen) atoms. The van der Waals surface area contributed by atoms with Crippen LogP contribution in [0.5, 0.6) is 0 Å². The van der Waals surface area contributed by atoms with Crippen LogP contribution in [0.1, 0.15) is 21.6 Å². The molecule has 0 aliphatic rings. The van der Waals surface area contributed by atoms with Gasteiger partial charge in [0.2, 0.25) is 0 Å². The molecule has 0 radical (unpaired) electrons. The Balaban J connectivity index is 2.14. The van der Waals surface area contributed by atoms with Crippen LogP contribution in [0.25, 0.3) is 0 Å². The van der Waals surface area contributed by atoms with Crippen LogP contribution in [-0.2, 0) is 6.54 Å². The summed E-state index contributed by atoms with van der Waals surface area (Å²) in [7, 11) is 0. The number of anilines is 1. The highest BCUT2D eigenvalue weighted by molar-refractivity contribution is 9.10. The molecule has 3 N–H and O–H groups in total. The minimum absolute atomic E-state index is 0.145. The number of carbonyl (C=O) groups is 1. The number of nitrogens with two attached hydrogens (primary N) is 1. The highest BCUT2D eigenvalue weighted by Crippen LogP contribution is 2.22. The molecule has 0 aliphatic heterocycles. The van der Waals surface area contributed by atoms with Gasteiger partial charge in [-0.05, 0) is 24.6 Å². The predicted molar refractivity (Wildman–Crippen MR) is 76.6 cm³/mol. The van der Waals surface area contributed by atoms with Gasteiger partial charge in [0.05, 0.1) is 17.7 Å². The number of aromatic nitrogens is 1. The molecule has 0 saturated heterocycles. The molecule has 0 bridgehead atoms. The molecule has 0 fully saturated rings. The molecule has 1 aromatic carbocycles. The zero-order chi connectivity index (χ0) is 13.1. The number of nitrogens with one attached hydrogen (secondary N) is 1. The van der Waals surface area contributed by atoms with Gasteiger partial charge < -0.3 is 11.1 Å². The molecule has 94 valence electrons. The summed E-state index contributed by atoms with van der Waals surface area (Å²) < 4.78 is 0.796. The van der Waals surface area contributed by atoms with Crippen molar-refractivity contribution in [1.29, 1.82) is 0 Å². The molecule has 1 heterocycles. The Morgan fingerprint density at radius 3 is 3.00 bits per heavy atom. The zero-order valence-corrected chi connectivity index (χ0v) is 12.1. The van der Waals surface area contributed by atoms with Gasteiger partial charge in [-0.1, -0.05) is 15.9 Å². The maximum atomic E-state index is 12.1. The van der Waals surface area contributed by atoms with E-state index in [2.05, 4.69) is 26.2 Å². The van der Waals surface area contributed by atoms with Gasteiger partial charge in [0, 0.05) is 21.1 Å². The maximum Gasteiger partial charge on any atom is 0.251 e. The predicted octanol–water partition coefficient (Wildman–Crippen LogP) is 2.73. The van der Waals surface area contributed by atoms with E-state index >= 15 is 0 Å². The Labute approximate surface area is 117 Å². The number of hydrogen-bond acceptors (Lipinski definition) is 4. The topological polar surface area (TPSA) is 68.0 Å². The van der Waals surface area contributed by atoms with Gasteiger partial charge in [-0.25, -0.2) is 4.98 Å². The lowest BCUT2D eigenvalue weighted by Gasteiger charge is -2.09. The summed E-state index contributed by atoms with van der Waals surface area (Å²) in [5.41, 5.74) is 10.4. The van der Waals surface area contributed by atoms with Gasteiger partial charge in [-0.3, -0.25) is 4.79 Å². The van der Waals surface area contributed by atoms with E-state index in [-0.39, 0.29) is 5.91 Å². The number of nitrogen functional groups attached to an aromatic ring is 1. The summed E-state index contributed by atoms with van der Waals surface area (Å²) in [4.78, 5) is 16.2. The molecule has 0 saturated carbocycles. The molecule has 0 spiro atoms. The standard InChI is InChI=1S/C12H12BrN3OS/c1-7-10(2-8(13)3-11(7)14)12(17)15-4-9-5-18-6-16-9/h2-3,5-6H,4,14H2,1H3,(H,15,17). The van der Waals surface area contributed by atoms with Crippen molar-refractivity contribution >= 4 is 38.9 Å². The van der Waals surface area contributed by atoms with Crippen molar-refractivity contribution in [2.75, 3.05) is 5.73 Å². The van der Waals surface area contributed by atoms with Crippen LogP contribution in [-0.4, -0.2) is 10.9 Å². The van der Waals surface area contributed by atoms with E-state index in [9.17, 15) is 4.79 Å². The summed E-state index contributed by atoms with van der Waals surface area (Å²) in [6, 6.07) is 3.55. The van der Waals surface area contributed by atoms with Gasteiger partial charge >= 0.3 is 0 Å². The first-order valence-corrected chi connectivity index (χ1v) is 7.02. The number of benzene rings is 1. The van der Waals surface area contributed by atoms with Crippen LogP contribution in [0.3, 0.4) is 0 Å². The Morgan fingerprint density at radius 2 is 2.33 bits per heavy atom. The first-order chi connectivity index (χ1) is 8.58. The Bertz CT molecular complexity index is 569. The monoisotopic (exact) mass is 325 g/mol. The first kappa shape index (κ1) is 13.0. The number of carbonyl (C=O) groups excluding carboxylic acids is 1. The summed E-state index contributed by atoms with van der Waals surface area (Å²) in [5.74, 6) is -0.145. The van der Waals surface area contributed by atoms with Crippen LogP contribution in [0, 0.1) is 6.92 Å². The summed E-state index contributed by atoms with van der Waals surface area (Å²) in [6.07, 6.45) is 0. The third kappa shape index (κ3) is 2.88. The van der Waals surface area contributed by atoms with Crippen molar-refractivity contribution in [3.8, 4) is 0 Å². The Kier molecular flexibility index (Phi) is 3.98. The number of halogens is 1. The minimum Gasteiger partial charge on any atom is -0.398 e. The van der Waals surface area contributed by atoms with E-state index in [1.165, 1.54) is 11.3 Å². The van der Waals surface area contributed by atoms with Crippen molar-refractivity contribution in [2.24, 2.45) is 0 Å². The molecule has 0 unspecified atom stereocenters. The SMILES string of the molecule is Cc1c(N)cc(Br)cc1C(=O)NCc1cscn1. The second kappa shape index (κ2) is 5.49. The molecule has 2 rings (SSSR count). The van der Waals surface area contributed by atoms with Crippen LogP contribution in [0.4, 0.5) is 5.69 Å². The fourth-order valence-corrected chi connectivity index (χ4v) is 2.56. The summed E-state index contributed by atoms with van der Waals surface area (Å²) in [5, 5.41) is 4.73. The van der Waals surface area contributed by atoms with E-state index in [4.69, 9.17) is 5.73 Å². The van der Waals surface area contributed by atoms with Crippen LogP contribution >= 0.6 is 27.3 Å². The quantitative estimate of drug-likeness (QED) is 0.852. The van der Waals surface area contributed by atoms with Gasteiger partial charge in [0.1, 0.15) is 0 Å². The van der Waals surface area contributed by atoms with Gasteiger partial charge in [-0.2, -0.15) is 0 Å². The van der Waals surface area contributed by atoms with Crippen molar-refractivity contribution in [3.05, 3.63) is 44.3 Å². The van der Waals surface area contributed by atoms with E-state index in [0.717, 1.165) is 15.7 Å². The zero-order valence-electron chi connectivity index (χ0n) is 9.74. The minimum atomic E-state index is -0.145. The number of thiazole rings is 1. The number of nitrogens with zero attached hydrogens (tertiary/aromatic N) is 1. The van der Waals surface area contributed by atoms with E-state index < -0.39 is 0 Å². The fraction of sp³-hybridized carbons (Fsp3) is 0.167. The Morgan fingerprint density at radius 1 is 1.56 bits per heavy atom. The average Bonchev–Trinajstić information content (AvgIpc) is 2.83. The van der Waals surface area contributed by atoms with Gasteiger partial charge in [0.15, 0.2) is 0 Å². The average molecular weight is 326 g/mol. The van der Waals surface area contributed by atoms with Crippen molar-refractivity contribution in [1.82, 2.24) is 10.3 Å². The molecule has 1 amide bonds. The summed E-state index contributed by atoms with van der Waals surface area (Å²) in [6.45, 7) is 2.26. The van der Waals surface area contributed by atoms with Crippen molar-refractivity contribution < 1.29 is 4.79 Å². The molecule has 0 atom stereocenters. The van der Waals surface area contributed by atoms with Crippen LogP contribution in [0.2, 0.25) is 0 Å². The number of hydrogen-bond donors (Lipinski definition) is 2.